The molecule has 5 heteroatoms. The molecule has 124 valence electrons. The van der Waals surface area contributed by atoms with Gasteiger partial charge in [-0.05, 0) is 45.9 Å². The van der Waals surface area contributed by atoms with Crippen LogP contribution in [0.5, 0.6) is 0 Å². The highest BCUT2D eigenvalue weighted by atomic mass is 16.2. The summed E-state index contributed by atoms with van der Waals surface area (Å²) in [6, 6.07) is 0.279. The molecule has 1 amide bonds. The first-order valence-electron chi connectivity index (χ1n) is 8.26. The molecule has 21 heavy (non-hydrogen) atoms. The predicted octanol–water partition coefficient (Wildman–Crippen LogP) is 0.844. The lowest BCUT2D eigenvalue weighted by molar-refractivity contribution is -0.132. The molecule has 1 heterocycles. The van der Waals surface area contributed by atoms with Crippen LogP contribution in [0.1, 0.15) is 33.1 Å². The number of carbonyl (C=O) groups is 1. The van der Waals surface area contributed by atoms with Gasteiger partial charge in [-0.25, -0.2) is 0 Å². The fraction of sp³-hybridized carbons (Fsp3) is 0.938. The third-order valence-corrected chi connectivity index (χ3v) is 5.02. The molecule has 0 aliphatic carbocycles. The second-order valence-corrected chi connectivity index (χ2v) is 6.69. The summed E-state index contributed by atoms with van der Waals surface area (Å²) in [7, 11) is 6.22. The number of carbonyl (C=O) groups excluding carboxylic acids is 1. The van der Waals surface area contributed by atoms with Crippen LogP contribution < -0.4 is 5.73 Å². The number of likely N-dealkylation sites (tertiary alicyclic amines) is 1. The van der Waals surface area contributed by atoms with Crippen molar-refractivity contribution in [1.82, 2.24) is 14.7 Å². The molecule has 1 rings (SSSR count). The second-order valence-electron chi connectivity index (χ2n) is 6.69. The SMILES string of the molecule is CC[C@H](C)[C@H](N)C(=O)N(C)CCN(C)C1CCN(C)CC1. The van der Waals surface area contributed by atoms with Crippen molar-refractivity contribution >= 4 is 5.91 Å². The van der Waals surface area contributed by atoms with E-state index in [9.17, 15) is 4.79 Å². The first kappa shape index (κ1) is 18.4. The summed E-state index contributed by atoms with van der Waals surface area (Å²) in [6.45, 7) is 8.13. The summed E-state index contributed by atoms with van der Waals surface area (Å²) in [6.07, 6.45) is 3.38. The second kappa shape index (κ2) is 8.71. The van der Waals surface area contributed by atoms with Crippen LogP contribution >= 0.6 is 0 Å². The largest absolute Gasteiger partial charge is 0.343 e. The lowest BCUT2D eigenvalue weighted by atomic mass is 9.99. The first-order chi connectivity index (χ1) is 9.86. The van der Waals surface area contributed by atoms with E-state index in [1.165, 1.54) is 25.9 Å². The van der Waals surface area contributed by atoms with Crippen molar-refractivity contribution in [2.45, 2.75) is 45.2 Å². The summed E-state index contributed by atoms with van der Waals surface area (Å²) in [4.78, 5) is 18.8. The molecule has 2 N–H and O–H groups in total. The van der Waals surface area contributed by atoms with E-state index in [0.29, 0.717) is 6.04 Å². The number of piperidine rings is 1. The number of likely N-dealkylation sites (N-methyl/N-ethyl adjacent to an activating group) is 2. The van der Waals surface area contributed by atoms with E-state index >= 15 is 0 Å². The van der Waals surface area contributed by atoms with Gasteiger partial charge in [0, 0.05) is 26.2 Å². The van der Waals surface area contributed by atoms with Crippen molar-refractivity contribution in [3.63, 3.8) is 0 Å². The van der Waals surface area contributed by atoms with Crippen molar-refractivity contribution in [3.8, 4) is 0 Å². The highest BCUT2D eigenvalue weighted by molar-refractivity contribution is 5.81. The van der Waals surface area contributed by atoms with Crippen molar-refractivity contribution in [2.24, 2.45) is 11.7 Å². The van der Waals surface area contributed by atoms with Crippen LogP contribution in [0.25, 0.3) is 0 Å². The van der Waals surface area contributed by atoms with Crippen molar-refractivity contribution < 1.29 is 4.79 Å². The number of nitrogens with zero attached hydrogens (tertiary/aromatic N) is 3. The normalized spacial score (nSPS) is 20.5. The number of amides is 1. The van der Waals surface area contributed by atoms with E-state index in [2.05, 4.69) is 30.8 Å². The zero-order valence-corrected chi connectivity index (χ0v) is 14.5. The lowest BCUT2D eigenvalue weighted by Crippen LogP contribution is -2.49. The molecule has 1 aliphatic heterocycles. The Kier molecular flexibility index (Phi) is 7.63. The molecule has 0 aromatic heterocycles. The minimum Gasteiger partial charge on any atom is -0.343 e. The summed E-state index contributed by atoms with van der Waals surface area (Å²) < 4.78 is 0. The van der Waals surface area contributed by atoms with Crippen LogP contribution in [0.3, 0.4) is 0 Å². The molecule has 1 fully saturated rings. The fourth-order valence-corrected chi connectivity index (χ4v) is 2.79. The van der Waals surface area contributed by atoms with Crippen molar-refractivity contribution in [3.05, 3.63) is 0 Å². The van der Waals surface area contributed by atoms with Crippen LogP contribution in [-0.2, 0) is 4.79 Å². The zero-order chi connectivity index (χ0) is 16.0. The molecule has 5 nitrogen and oxygen atoms in total. The van der Waals surface area contributed by atoms with Crippen molar-refractivity contribution in [1.29, 1.82) is 0 Å². The summed E-state index contributed by atoms with van der Waals surface area (Å²) in [5, 5.41) is 0. The van der Waals surface area contributed by atoms with Gasteiger partial charge in [-0.15, -0.1) is 0 Å². The topological polar surface area (TPSA) is 52.8 Å². The van der Waals surface area contributed by atoms with Crippen LogP contribution in [0.2, 0.25) is 0 Å². The molecule has 0 spiro atoms. The van der Waals surface area contributed by atoms with Gasteiger partial charge in [0.15, 0.2) is 0 Å². The minimum atomic E-state index is -0.367. The molecular weight excluding hydrogens is 264 g/mol. The Hall–Kier alpha value is -0.650. The van der Waals surface area contributed by atoms with E-state index in [1.807, 2.05) is 14.0 Å². The Labute approximate surface area is 130 Å². The quantitative estimate of drug-likeness (QED) is 0.757. The number of hydrogen-bond donors (Lipinski definition) is 1. The predicted molar refractivity (Wildman–Crippen MR) is 88.2 cm³/mol. The van der Waals surface area contributed by atoms with Gasteiger partial charge in [0.1, 0.15) is 0 Å². The molecule has 2 atom stereocenters. The maximum Gasteiger partial charge on any atom is 0.239 e. The Morgan fingerprint density at radius 3 is 2.38 bits per heavy atom. The summed E-state index contributed by atoms with van der Waals surface area (Å²) in [5.74, 6) is 0.313. The third kappa shape index (κ3) is 5.57. The van der Waals surface area contributed by atoms with Gasteiger partial charge in [0.2, 0.25) is 5.91 Å². The highest BCUT2D eigenvalue weighted by Crippen LogP contribution is 2.14. The van der Waals surface area contributed by atoms with Gasteiger partial charge in [-0.2, -0.15) is 0 Å². The summed E-state index contributed by atoms with van der Waals surface area (Å²) in [5.41, 5.74) is 6.03. The average molecular weight is 298 g/mol. The zero-order valence-electron chi connectivity index (χ0n) is 14.5. The molecular formula is C16H34N4O. The molecule has 0 bridgehead atoms. The smallest absolute Gasteiger partial charge is 0.239 e. The first-order valence-corrected chi connectivity index (χ1v) is 8.26. The van der Waals surface area contributed by atoms with Gasteiger partial charge in [-0.3, -0.25) is 4.79 Å². The van der Waals surface area contributed by atoms with Crippen LogP contribution in [-0.4, -0.2) is 80.0 Å². The Balaban J connectivity index is 2.34. The maximum atomic E-state index is 12.3. The number of rotatable bonds is 7. The maximum absolute atomic E-state index is 12.3. The van der Waals surface area contributed by atoms with E-state index in [0.717, 1.165) is 19.5 Å². The fourth-order valence-electron chi connectivity index (χ4n) is 2.79. The third-order valence-electron chi connectivity index (χ3n) is 5.02. The molecule has 0 saturated carbocycles. The average Bonchev–Trinajstić information content (AvgIpc) is 2.50. The van der Waals surface area contributed by atoms with Crippen LogP contribution in [0, 0.1) is 5.92 Å². The molecule has 1 saturated heterocycles. The molecule has 1 aliphatic rings. The molecule has 0 aromatic rings. The molecule has 0 radical (unpaired) electrons. The molecule has 0 unspecified atom stereocenters. The Morgan fingerprint density at radius 1 is 1.29 bits per heavy atom. The molecule has 0 aromatic carbocycles. The van der Waals surface area contributed by atoms with E-state index < -0.39 is 0 Å². The summed E-state index contributed by atoms with van der Waals surface area (Å²) >= 11 is 0. The van der Waals surface area contributed by atoms with Crippen LogP contribution in [0.15, 0.2) is 0 Å². The lowest BCUT2D eigenvalue weighted by Gasteiger charge is -2.36. The van der Waals surface area contributed by atoms with E-state index in [1.54, 1.807) is 4.90 Å². The Morgan fingerprint density at radius 2 is 1.86 bits per heavy atom. The monoisotopic (exact) mass is 298 g/mol. The van der Waals surface area contributed by atoms with Gasteiger partial charge in [-0.1, -0.05) is 20.3 Å². The van der Waals surface area contributed by atoms with Crippen molar-refractivity contribution in [2.75, 3.05) is 47.3 Å². The Bertz CT molecular complexity index is 315. The standard InChI is InChI=1S/C16H34N4O/c1-6-13(2)15(17)16(21)20(5)12-11-19(4)14-7-9-18(3)10-8-14/h13-15H,6-12,17H2,1-5H3/t13-,15-/m0/s1. The van der Waals surface area contributed by atoms with E-state index in [4.69, 9.17) is 5.73 Å². The number of nitrogens with two attached hydrogens (primary N) is 1. The number of hydrogen-bond acceptors (Lipinski definition) is 4. The van der Waals surface area contributed by atoms with Crippen LogP contribution in [0.4, 0.5) is 0 Å². The minimum absolute atomic E-state index is 0.0705. The highest BCUT2D eigenvalue weighted by Gasteiger charge is 2.24. The van der Waals surface area contributed by atoms with Gasteiger partial charge < -0.3 is 20.4 Å². The van der Waals surface area contributed by atoms with Gasteiger partial charge in [0.05, 0.1) is 6.04 Å². The van der Waals surface area contributed by atoms with Gasteiger partial charge in [0.25, 0.3) is 0 Å². The van der Waals surface area contributed by atoms with E-state index in [-0.39, 0.29) is 17.9 Å². The van der Waals surface area contributed by atoms with Gasteiger partial charge >= 0.3 is 0 Å².